The topological polar surface area (TPSA) is 17.1 Å². The van der Waals surface area contributed by atoms with E-state index in [1.54, 1.807) is 0 Å². The number of rotatable bonds is 3. The Balaban J connectivity index is 3.79. The predicted molar refractivity (Wildman–Crippen MR) is 39.4 cm³/mol. The summed E-state index contributed by atoms with van der Waals surface area (Å²) in [6.07, 6.45) is 1.49. The molecule has 0 radical (unpaired) electrons. The van der Waals surface area contributed by atoms with Gasteiger partial charge in [0, 0.05) is 0 Å². The maximum Gasteiger partial charge on any atom is 0.101 e. The van der Waals surface area contributed by atoms with Crippen LogP contribution in [0.3, 0.4) is 0 Å². The molecule has 3 heteroatoms. The van der Waals surface area contributed by atoms with Crippen molar-refractivity contribution in [2.75, 3.05) is 17.9 Å². The van der Waals surface area contributed by atoms with Crippen LogP contribution in [0.4, 0.5) is 0 Å². The minimum Gasteiger partial charge on any atom is -0.322 e. The maximum atomic E-state index is 11.2. The van der Waals surface area contributed by atoms with E-state index in [0.717, 1.165) is 12.3 Å². The molecule has 0 bridgehead atoms. The number of hydrogen-bond donors (Lipinski definition) is 0. The standard InChI is InChI=1S/C5H12ClOP/c1-3-8(7,4-2)5-6/h3-5H2,1-2H3. The van der Waals surface area contributed by atoms with Crippen molar-refractivity contribution in [1.82, 2.24) is 0 Å². The highest BCUT2D eigenvalue weighted by Gasteiger charge is 2.13. The monoisotopic (exact) mass is 154 g/mol. The molecule has 0 unspecified atom stereocenters. The fraction of sp³-hybridized carbons (Fsp3) is 1.00. The van der Waals surface area contributed by atoms with Crippen molar-refractivity contribution in [2.24, 2.45) is 0 Å². The molecule has 1 nitrogen and oxygen atoms in total. The van der Waals surface area contributed by atoms with Crippen LogP contribution in [-0.4, -0.2) is 17.9 Å². The summed E-state index contributed by atoms with van der Waals surface area (Å²) in [5.41, 5.74) is 0.347. The van der Waals surface area contributed by atoms with Crippen molar-refractivity contribution in [3.8, 4) is 0 Å². The van der Waals surface area contributed by atoms with Gasteiger partial charge in [0.15, 0.2) is 0 Å². The van der Waals surface area contributed by atoms with Crippen molar-refractivity contribution in [2.45, 2.75) is 13.8 Å². The Morgan fingerprint density at radius 1 is 1.38 bits per heavy atom. The van der Waals surface area contributed by atoms with Crippen molar-refractivity contribution < 1.29 is 4.57 Å². The largest absolute Gasteiger partial charge is 0.322 e. The molecule has 0 saturated heterocycles. The molecule has 0 aromatic carbocycles. The number of hydrogen-bond acceptors (Lipinski definition) is 1. The van der Waals surface area contributed by atoms with Gasteiger partial charge in [0.25, 0.3) is 0 Å². The molecule has 0 aromatic heterocycles. The van der Waals surface area contributed by atoms with E-state index >= 15 is 0 Å². The molecule has 0 amide bonds. The second-order valence-electron chi connectivity index (χ2n) is 1.81. The first-order valence-electron chi connectivity index (χ1n) is 2.81. The fourth-order valence-electron chi connectivity index (χ4n) is 0.393. The average Bonchev–Trinajstić information content (AvgIpc) is 1.87. The van der Waals surface area contributed by atoms with E-state index < -0.39 is 7.14 Å². The first kappa shape index (κ1) is 8.52. The molecule has 0 spiro atoms. The zero-order valence-electron chi connectivity index (χ0n) is 5.35. The summed E-state index contributed by atoms with van der Waals surface area (Å²) in [6.45, 7) is 3.85. The van der Waals surface area contributed by atoms with Crippen LogP contribution >= 0.6 is 18.7 Å². The van der Waals surface area contributed by atoms with Crippen LogP contribution in [0.15, 0.2) is 0 Å². The lowest BCUT2D eigenvalue weighted by Crippen LogP contribution is -1.88. The molecule has 0 fully saturated rings. The summed E-state index contributed by atoms with van der Waals surface area (Å²) in [4.78, 5) is 0. The molecule has 8 heavy (non-hydrogen) atoms. The Morgan fingerprint density at radius 2 is 1.75 bits per heavy atom. The average molecular weight is 155 g/mol. The van der Waals surface area contributed by atoms with E-state index in [-0.39, 0.29) is 0 Å². The normalized spacial score (nSPS) is 11.9. The van der Waals surface area contributed by atoms with Crippen molar-refractivity contribution >= 4 is 18.7 Å². The summed E-state index contributed by atoms with van der Waals surface area (Å²) in [7, 11) is -1.90. The molecule has 0 N–H and O–H groups in total. The Morgan fingerprint density at radius 3 is 1.75 bits per heavy atom. The SMILES string of the molecule is CCP(=O)(CC)CCl. The van der Waals surface area contributed by atoms with Gasteiger partial charge in [-0.25, -0.2) is 0 Å². The number of halogens is 1. The lowest BCUT2D eigenvalue weighted by Gasteiger charge is -2.07. The first-order valence-corrected chi connectivity index (χ1v) is 5.61. The van der Waals surface area contributed by atoms with E-state index in [9.17, 15) is 4.57 Å². The molecule has 0 aliphatic carbocycles. The minimum atomic E-state index is -1.90. The van der Waals surface area contributed by atoms with Crippen LogP contribution in [0.25, 0.3) is 0 Å². The van der Waals surface area contributed by atoms with Gasteiger partial charge in [-0.2, -0.15) is 0 Å². The minimum absolute atomic E-state index is 0.347. The summed E-state index contributed by atoms with van der Waals surface area (Å²) < 4.78 is 11.2. The Labute approximate surface area is 55.8 Å². The highest BCUT2D eigenvalue weighted by atomic mass is 35.5. The zero-order chi connectivity index (χ0) is 6.62. The fourth-order valence-corrected chi connectivity index (χ4v) is 2.19. The van der Waals surface area contributed by atoms with E-state index in [0.29, 0.717) is 5.62 Å². The van der Waals surface area contributed by atoms with Gasteiger partial charge in [-0.05, 0) is 12.3 Å². The molecule has 0 aromatic rings. The second-order valence-corrected chi connectivity index (χ2v) is 6.15. The van der Waals surface area contributed by atoms with Gasteiger partial charge in [-0.15, -0.1) is 11.6 Å². The predicted octanol–water partition coefficient (Wildman–Crippen LogP) is 2.59. The molecule has 0 aliphatic heterocycles. The quantitative estimate of drug-likeness (QED) is 0.451. The molecule has 0 rings (SSSR count). The molecule has 0 heterocycles. The lowest BCUT2D eigenvalue weighted by atomic mass is 11.0. The highest BCUT2D eigenvalue weighted by molar-refractivity contribution is 7.65. The second kappa shape index (κ2) is 3.53. The van der Waals surface area contributed by atoms with E-state index in [1.165, 1.54) is 0 Å². The van der Waals surface area contributed by atoms with Gasteiger partial charge in [-0.3, -0.25) is 0 Å². The first-order chi connectivity index (χ1) is 3.68. The Hall–Kier alpha value is 0.520. The highest BCUT2D eigenvalue weighted by Crippen LogP contribution is 2.45. The van der Waals surface area contributed by atoms with Crippen LogP contribution in [-0.2, 0) is 4.57 Å². The van der Waals surface area contributed by atoms with Gasteiger partial charge < -0.3 is 4.57 Å². The maximum absolute atomic E-state index is 11.2. The summed E-state index contributed by atoms with van der Waals surface area (Å²) in [6, 6.07) is 0. The van der Waals surface area contributed by atoms with Gasteiger partial charge in [-0.1, -0.05) is 13.8 Å². The summed E-state index contributed by atoms with van der Waals surface area (Å²) in [5.74, 6) is 0. The Kier molecular flexibility index (Phi) is 3.76. The lowest BCUT2D eigenvalue weighted by molar-refractivity contribution is 0.579. The van der Waals surface area contributed by atoms with Crippen LogP contribution < -0.4 is 0 Å². The van der Waals surface area contributed by atoms with Gasteiger partial charge in [0.2, 0.25) is 0 Å². The number of alkyl halides is 1. The Bertz CT molecular complexity index is 83.6. The van der Waals surface area contributed by atoms with E-state index in [4.69, 9.17) is 11.6 Å². The van der Waals surface area contributed by atoms with Crippen molar-refractivity contribution in [3.63, 3.8) is 0 Å². The summed E-state index contributed by atoms with van der Waals surface area (Å²) >= 11 is 5.45. The third kappa shape index (κ3) is 2.19. The molecular weight excluding hydrogens is 142 g/mol. The molecule has 0 aliphatic rings. The van der Waals surface area contributed by atoms with Crippen molar-refractivity contribution in [1.29, 1.82) is 0 Å². The summed E-state index contributed by atoms with van der Waals surface area (Å²) in [5, 5.41) is 0. The smallest absolute Gasteiger partial charge is 0.101 e. The third-order valence-corrected chi connectivity index (χ3v) is 5.42. The van der Waals surface area contributed by atoms with Crippen LogP contribution in [0, 0.1) is 0 Å². The van der Waals surface area contributed by atoms with Gasteiger partial charge in [0.05, 0.1) is 5.62 Å². The molecule has 50 valence electrons. The van der Waals surface area contributed by atoms with E-state index in [2.05, 4.69) is 0 Å². The van der Waals surface area contributed by atoms with Gasteiger partial charge in [0.1, 0.15) is 7.14 Å². The van der Waals surface area contributed by atoms with Gasteiger partial charge >= 0.3 is 0 Å². The molecule has 0 atom stereocenters. The molecular formula is C5H12ClOP. The van der Waals surface area contributed by atoms with Crippen LogP contribution in [0.2, 0.25) is 0 Å². The zero-order valence-corrected chi connectivity index (χ0v) is 7.01. The van der Waals surface area contributed by atoms with E-state index in [1.807, 2.05) is 13.8 Å². The van der Waals surface area contributed by atoms with Crippen LogP contribution in [0.5, 0.6) is 0 Å². The third-order valence-electron chi connectivity index (χ3n) is 1.37. The van der Waals surface area contributed by atoms with Crippen LogP contribution in [0.1, 0.15) is 13.8 Å². The molecule has 0 saturated carbocycles. The van der Waals surface area contributed by atoms with Crippen molar-refractivity contribution in [3.05, 3.63) is 0 Å².